The molecule has 0 aliphatic heterocycles. The van der Waals surface area contributed by atoms with E-state index in [9.17, 15) is 0 Å². The van der Waals surface area contributed by atoms with Crippen LogP contribution in [0.4, 0.5) is 5.82 Å². The van der Waals surface area contributed by atoms with Crippen molar-refractivity contribution in [1.29, 1.82) is 0 Å². The zero-order chi connectivity index (χ0) is 14.4. The molecule has 0 bridgehead atoms. The van der Waals surface area contributed by atoms with Crippen LogP contribution in [0.25, 0.3) is 0 Å². The second-order valence-corrected chi connectivity index (χ2v) is 5.47. The summed E-state index contributed by atoms with van der Waals surface area (Å²) < 4.78 is 0. The molecule has 1 heterocycles. The summed E-state index contributed by atoms with van der Waals surface area (Å²) in [6.07, 6.45) is 4.66. The van der Waals surface area contributed by atoms with Crippen molar-refractivity contribution in [3.8, 4) is 0 Å². The first-order valence-electron chi connectivity index (χ1n) is 7.66. The van der Waals surface area contributed by atoms with Gasteiger partial charge in [-0.1, -0.05) is 6.42 Å². The Morgan fingerprint density at radius 1 is 1.40 bits per heavy atom. The Kier molecular flexibility index (Phi) is 5.73. The van der Waals surface area contributed by atoms with Gasteiger partial charge in [0.25, 0.3) is 0 Å². The average molecular weight is 278 g/mol. The highest BCUT2D eigenvalue weighted by molar-refractivity contribution is 5.35. The van der Waals surface area contributed by atoms with Crippen LogP contribution in [0.3, 0.4) is 0 Å². The summed E-state index contributed by atoms with van der Waals surface area (Å²) in [5.74, 6) is 1.79. The second-order valence-electron chi connectivity index (χ2n) is 5.47. The molecule has 0 unspecified atom stereocenters. The lowest BCUT2D eigenvalue weighted by Gasteiger charge is -2.37. The summed E-state index contributed by atoms with van der Waals surface area (Å²) in [5.41, 5.74) is 1.00. The quantitative estimate of drug-likeness (QED) is 0.761. The smallest absolute Gasteiger partial charge is 0.144 e. The van der Waals surface area contributed by atoms with Gasteiger partial charge in [-0.05, 0) is 33.1 Å². The molecule has 5 nitrogen and oxygen atoms in total. The minimum absolute atomic E-state index is 0.251. The van der Waals surface area contributed by atoms with Crippen LogP contribution >= 0.6 is 0 Å². The van der Waals surface area contributed by atoms with Gasteiger partial charge >= 0.3 is 0 Å². The van der Waals surface area contributed by atoms with Gasteiger partial charge in [0, 0.05) is 37.5 Å². The van der Waals surface area contributed by atoms with Crippen molar-refractivity contribution >= 4 is 5.82 Å². The Hall–Kier alpha value is -1.20. The van der Waals surface area contributed by atoms with Gasteiger partial charge in [0.05, 0.1) is 6.54 Å². The van der Waals surface area contributed by atoms with Crippen molar-refractivity contribution in [2.24, 2.45) is 0 Å². The molecule has 0 amide bonds. The molecule has 1 saturated carbocycles. The third-order valence-corrected chi connectivity index (χ3v) is 3.80. The highest BCUT2D eigenvalue weighted by Crippen LogP contribution is 2.26. The third kappa shape index (κ3) is 4.15. The Bertz CT molecular complexity index is 420. The van der Waals surface area contributed by atoms with Gasteiger partial charge < -0.3 is 10.4 Å². The van der Waals surface area contributed by atoms with Gasteiger partial charge in [0.2, 0.25) is 0 Å². The van der Waals surface area contributed by atoms with Crippen LogP contribution in [0.1, 0.15) is 44.1 Å². The van der Waals surface area contributed by atoms with Crippen LogP contribution in [-0.2, 0) is 6.54 Å². The van der Waals surface area contributed by atoms with Crippen molar-refractivity contribution in [3.05, 3.63) is 17.6 Å². The molecular formula is C15H26N4O. The van der Waals surface area contributed by atoms with Gasteiger partial charge in [-0.3, -0.25) is 4.90 Å². The number of aliphatic hydroxyl groups excluding tert-OH is 1. The molecule has 0 radical (unpaired) electrons. The fourth-order valence-electron chi connectivity index (χ4n) is 2.57. The van der Waals surface area contributed by atoms with Gasteiger partial charge in [0.1, 0.15) is 11.6 Å². The van der Waals surface area contributed by atoms with Crippen molar-refractivity contribution in [3.63, 3.8) is 0 Å². The molecule has 2 N–H and O–H groups in total. The molecule has 2 rings (SSSR count). The Balaban J connectivity index is 2.04. The molecule has 0 saturated heterocycles. The molecule has 0 atom stereocenters. The zero-order valence-electron chi connectivity index (χ0n) is 12.6. The maximum atomic E-state index is 9.04. The first-order chi connectivity index (χ1) is 9.72. The first-order valence-corrected chi connectivity index (χ1v) is 7.66. The summed E-state index contributed by atoms with van der Waals surface area (Å²) in [5, 5.41) is 12.3. The summed E-state index contributed by atoms with van der Waals surface area (Å²) >= 11 is 0. The molecule has 112 valence electrons. The molecular weight excluding hydrogens is 252 g/mol. The molecule has 1 aromatic rings. The summed E-state index contributed by atoms with van der Waals surface area (Å²) in [4.78, 5) is 11.6. The molecule has 1 aliphatic rings. The van der Waals surface area contributed by atoms with E-state index in [1.165, 1.54) is 19.3 Å². The zero-order valence-corrected chi connectivity index (χ0v) is 12.6. The van der Waals surface area contributed by atoms with Gasteiger partial charge in [-0.2, -0.15) is 0 Å². The highest BCUT2D eigenvalue weighted by Gasteiger charge is 2.25. The van der Waals surface area contributed by atoms with Crippen molar-refractivity contribution in [1.82, 2.24) is 14.9 Å². The SMILES string of the molecule is CCNc1cc(C)nc(CN(CCCO)C2CCC2)n1. The first kappa shape index (κ1) is 15.2. The molecule has 1 aliphatic carbocycles. The van der Waals surface area contributed by atoms with Crippen LogP contribution < -0.4 is 5.32 Å². The van der Waals surface area contributed by atoms with Crippen LogP contribution in [0.5, 0.6) is 0 Å². The number of hydrogen-bond acceptors (Lipinski definition) is 5. The molecule has 5 heteroatoms. The van der Waals surface area contributed by atoms with Crippen LogP contribution in [0.2, 0.25) is 0 Å². The van der Waals surface area contributed by atoms with E-state index in [4.69, 9.17) is 5.11 Å². The Labute approximate surface area is 121 Å². The standard InChI is InChI=1S/C15H26N4O/c1-3-16-14-10-12(2)17-15(18-14)11-19(8-5-9-20)13-6-4-7-13/h10,13,20H,3-9,11H2,1-2H3,(H,16,17,18). The summed E-state index contributed by atoms with van der Waals surface area (Å²) in [6.45, 7) is 6.90. The fourth-order valence-corrected chi connectivity index (χ4v) is 2.57. The van der Waals surface area contributed by atoms with Gasteiger partial charge in [-0.15, -0.1) is 0 Å². The molecule has 0 spiro atoms. The summed E-state index contributed by atoms with van der Waals surface area (Å²) in [7, 11) is 0. The number of aliphatic hydroxyl groups is 1. The summed E-state index contributed by atoms with van der Waals surface area (Å²) in [6, 6.07) is 2.63. The normalized spacial score (nSPS) is 15.4. The van der Waals surface area contributed by atoms with Crippen LogP contribution in [-0.4, -0.2) is 45.7 Å². The highest BCUT2D eigenvalue weighted by atomic mass is 16.3. The fraction of sp³-hybridized carbons (Fsp3) is 0.733. The van der Waals surface area contributed by atoms with E-state index in [0.717, 1.165) is 43.4 Å². The predicted molar refractivity (Wildman–Crippen MR) is 80.7 cm³/mol. The molecule has 1 aromatic heterocycles. The largest absolute Gasteiger partial charge is 0.396 e. The molecule has 20 heavy (non-hydrogen) atoms. The van der Waals surface area contributed by atoms with E-state index in [1.807, 2.05) is 13.0 Å². The molecule has 1 fully saturated rings. The number of rotatable bonds is 8. The van der Waals surface area contributed by atoms with Crippen molar-refractivity contribution in [2.75, 3.05) is 25.0 Å². The Morgan fingerprint density at radius 3 is 2.80 bits per heavy atom. The monoisotopic (exact) mass is 278 g/mol. The number of aromatic nitrogens is 2. The van der Waals surface area contributed by atoms with Crippen LogP contribution in [0, 0.1) is 6.92 Å². The maximum absolute atomic E-state index is 9.04. The van der Waals surface area contributed by atoms with E-state index in [2.05, 4.69) is 27.1 Å². The lowest BCUT2D eigenvalue weighted by Crippen LogP contribution is -2.40. The number of nitrogens with zero attached hydrogens (tertiary/aromatic N) is 3. The number of nitrogens with one attached hydrogen (secondary N) is 1. The lowest BCUT2D eigenvalue weighted by atomic mass is 9.91. The second kappa shape index (κ2) is 7.55. The minimum atomic E-state index is 0.251. The minimum Gasteiger partial charge on any atom is -0.396 e. The lowest BCUT2D eigenvalue weighted by molar-refractivity contribution is 0.106. The van der Waals surface area contributed by atoms with Gasteiger partial charge in [0.15, 0.2) is 0 Å². The van der Waals surface area contributed by atoms with E-state index in [0.29, 0.717) is 6.04 Å². The van der Waals surface area contributed by atoms with Gasteiger partial charge in [-0.25, -0.2) is 9.97 Å². The maximum Gasteiger partial charge on any atom is 0.144 e. The molecule has 0 aromatic carbocycles. The van der Waals surface area contributed by atoms with Crippen molar-refractivity contribution in [2.45, 2.75) is 52.1 Å². The average Bonchev–Trinajstić information content (AvgIpc) is 2.33. The van der Waals surface area contributed by atoms with E-state index >= 15 is 0 Å². The predicted octanol–water partition coefficient (Wildman–Crippen LogP) is 1.95. The van der Waals surface area contributed by atoms with E-state index in [1.54, 1.807) is 0 Å². The number of aryl methyl sites for hydroxylation is 1. The number of anilines is 1. The Morgan fingerprint density at radius 2 is 2.20 bits per heavy atom. The van der Waals surface area contributed by atoms with E-state index < -0.39 is 0 Å². The van der Waals surface area contributed by atoms with Crippen molar-refractivity contribution < 1.29 is 5.11 Å². The number of hydrogen-bond donors (Lipinski definition) is 2. The topological polar surface area (TPSA) is 61.3 Å². The van der Waals surface area contributed by atoms with E-state index in [-0.39, 0.29) is 6.61 Å². The third-order valence-electron chi connectivity index (χ3n) is 3.80. The van der Waals surface area contributed by atoms with Crippen LogP contribution in [0.15, 0.2) is 6.07 Å².